The highest BCUT2D eigenvalue weighted by atomic mass is 16.3. The van der Waals surface area contributed by atoms with E-state index < -0.39 is 6.10 Å². The van der Waals surface area contributed by atoms with Crippen LogP contribution in [-0.2, 0) is 11.2 Å². The lowest BCUT2D eigenvalue weighted by Gasteiger charge is -2.21. The van der Waals surface area contributed by atoms with Gasteiger partial charge in [-0.05, 0) is 18.1 Å². The largest absolute Gasteiger partial charge is 0.389 e. The first-order chi connectivity index (χ1) is 11.6. The molecule has 1 aromatic carbocycles. The molecule has 2 aromatic rings. The number of aromatic nitrogens is 2. The zero-order chi connectivity index (χ0) is 16.9. The van der Waals surface area contributed by atoms with Gasteiger partial charge in [0, 0.05) is 25.8 Å². The van der Waals surface area contributed by atoms with Crippen LogP contribution in [0.2, 0.25) is 0 Å². The van der Waals surface area contributed by atoms with Crippen molar-refractivity contribution >= 4 is 11.8 Å². The summed E-state index contributed by atoms with van der Waals surface area (Å²) in [5, 5.41) is 16.5. The van der Waals surface area contributed by atoms with Crippen molar-refractivity contribution in [3.05, 3.63) is 53.9 Å². The molecule has 1 fully saturated rings. The number of H-pyrrole nitrogens is 1. The van der Waals surface area contributed by atoms with Crippen molar-refractivity contribution < 1.29 is 14.7 Å². The molecule has 0 aliphatic carbocycles. The van der Waals surface area contributed by atoms with Crippen molar-refractivity contribution in [1.82, 2.24) is 20.0 Å². The molecule has 0 radical (unpaired) electrons. The number of carbonyl (C=O) groups is 2. The van der Waals surface area contributed by atoms with E-state index in [1.54, 1.807) is 11.0 Å². The van der Waals surface area contributed by atoms with Gasteiger partial charge >= 0.3 is 0 Å². The van der Waals surface area contributed by atoms with Gasteiger partial charge in [0.1, 0.15) is 12.2 Å². The summed E-state index contributed by atoms with van der Waals surface area (Å²) in [5.74, 6) is -0.486. The maximum atomic E-state index is 12.5. The number of aliphatic hydroxyl groups is 1. The number of nitrogens with one attached hydrogen (secondary N) is 1. The number of amides is 2. The maximum Gasteiger partial charge on any atom is 0.272 e. The average Bonchev–Trinajstić information content (AvgIpc) is 3.08. The van der Waals surface area contributed by atoms with Gasteiger partial charge in [-0.1, -0.05) is 30.3 Å². The number of rotatable bonds is 4. The fourth-order valence-electron chi connectivity index (χ4n) is 2.82. The predicted molar refractivity (Wildman–Crippen MR) is 87.2 cm³/mol. The maximum absolute atomic E-state index is 12.5. The summed E-state index contributed by atoms with van der Waals surface area (Å²) >= 11 is 0. The minimum Gasteiger partial charge on any atom is -0.389 e. The minimum absolute atomic E-state index is 0.0380. The summed E-state index contributed by atoms with van der Waals surface area (Å²) in [6, 6.07) is 11.4. The fourth-order valence-corrected chi connectivity index (χ4v) is 2.82. The molecule has 2 amide bonds. The van der Waals surface area contributed by atoms with Crippen molar-refractivity contribution in [1.29, 1.82) is 0 Å². The molecule has 2 N–H and O–H groups in total. The van der Waals surface area contributed by atoms with E-state index in [0.29, 0.717) is 18.7 Å². The zero-order valence-electron chi connectivity index (χ0n) is 13.3. The number of benzene rings is 1. The van der Waals surface area contributed by atoms with Gasteiger partial charge in [0.25, 0.3) is 5.91 Å². The standard InChI is InChI=1S/C17H20N4O3/c22-14-10-20(9-7-13-4-2-1-3-5-13)16(23)12-21(11-14)17(24)15-6-8-18-19-15/h1-6,8,14,22H,7,9-12H2,(H,18,19). The van der Waals surface area contributed by atoms with Crippen LogP contribution in [0.15, 0.2) is 42.6 Å². The third-order valence-electron chi connectivity index (χ3n) is 4.07. The van der Waals surface area contributed by atoms with Crippen molar-refractivity contribution in [2.24, 2.45) is 0 Å². The van der Waals surface area contributed by atoms with Crippen LogP contribution in [0.25, 0.3) is 0 Å². The Morgan fingerprint density at radius 3 is 2.75 bits per heavy atom. The molecule has 1 unspecified atom stereocenters. The van der Waals surface area contributed by atoms with E-state index in [1.165, 1.54) is 11.1 Å². The second-order valence-electron chi connectivity index (χ2n) is 5.89. The number of aromatic amines is 1. The molecule has 3 rings (SSSR count). The molecule has 126 valence electrons. The number of carbonyl (C=O) groups excluding carboxylic acids is 2. The van der Waals surface area contributed by atoms with Crippen LogP contribution >= 0.6 is 0 Å². The Morgan fingerprint density at radius 2 is 2.04 bits per heavy atom. The van der Waals surface area contributed by atoms with Crippen LogP contribution in [0.3, 0.4) is 0 Å². The first kappa shape index (κ1) is 16.2. The van der Waals surface area contributed by atoms with Gasteiger partial charge in [-0.3, -0.25) is 14.7 Å². The molecule has 7 heteroatoms. The van der Waals surface area contributed by atoms with E-state index >= 15 is 0 Å². The Morgan fingerprint density at radius 1 is 1.25 bits per heavy atom. The Bertz CT molecular complexity index is 687. The van der Waals surface area contributed by atoms with Gasteiger partial charge in [-0.25, -0.2) is 0 Å². The Balaban J connectivity index is 1.64. The molecule has 7 nitrogen and oxygen atoms in total. The van der Waals surface area contributed by atoms with E-state index in [2.05, 4.69) is 10.2 Å². The fraction of sp³-hybridized carbons (Fsp3) is 0.353. The number of aliphatic hydroxyl groups excluding tert-OH is 1. The summed E-state index contributed by atoms with van der Waals surface area (Å²) in [6.45, 7) is 0.847. The molecular weight excluding hydrogens is 308 g/mol. The van der Waals surface area contributed by atoms with E-state index in [1.807, 2.05) is 30.3 Å². The Hall–Kier alpha value is -2.67. The molecule has 1 aliphatic rings. The predicted octanol–water partition coefficient (Wildman–Crippen LogP) is 0.298. The first-order valence-electron chi connectivity index (χ1n) is 7.92. The van der Waals surface area contributed by atoms with Crippen LogP contribution in [0, 0.1) is 0 Å². The van der Waals surface area contributed by atoms with Crippen molar-refractivity contribution in [2.75, 3.05) is 26.2 Å². The molecule has 1 aromatic heterocycles. The van der Waals surface area contributed by atoms with Crippen LogP contribution < -0.4 is 0 Å². The quantitative estimate of drug-likeness (QED) is 0.845. The van der Waals surface area contributed by atoms with Crippen LogP contribution in [0.5, 0.6) is 0 Å². The van der Waals surface area contributed by atoms with Gasteiger partial charge < -0.3 is 14.9 Å². The second-order valence-corrected chi connectivity index (χ2v) is 5.89. The van der Waals surface area contributed by atoms with E-state index in [4.69, 9.17) is 0 Å². The molecule has 1 atom stereocenters. The van der Waals surface area contributed by atoms with Gasteiger partial charge in [0.05, 0.1) is 6.10 Å². The minimum atomic E-state index is -0.765. The number of β-amino-alcohol motifs (C(OH)–C–C–N with tert-alkyl or cyclic N) is 1. The number of hydrogen-bond donors (Lipinski definition) is 2. The average molecular weight is 328 g/mol. The summed E-state index contributed by atoms with van der Waals surface area (Å²) in [6.07, 6.45) is 1.43. The number of hydrogen-bond acceptors (Lipinski definition) is 4. The second kappa shape index (κ2) is 7.27. The third kappa shape index (κ3) is 3.80. The molecule has 2 heterocycles. The van der Waals surface area contributed by atoms with Gasteiger partial charge in [-0.2, -0.15) is 5.10 Å². The lowest BCUT2D eigenvalue weighted by Crippen LogP contribution is -2.40. The lowest BCUT2D eigenvalue weighted by molar-refractivity contribution is -0.131. The first-order valence-corrected chi connectivity index (χ1v) is 7.92. The van der Waals surface area contributed by atoms with E-state index in [-0.39, 0.29) is 31.4 Å². The Kier molecular flexibility index (Phi) is 4.90. The van der Waals surface area contributed by atoms with Crippen molar-refractivity contribution in [3.8, 4) is 0 Å². The van der Waals surface area contributed by atoms with Gasteiger partial charge in [-0.15, -0.1) is 0 Å². The highest BCUT2D eigenvalue weighted by molar-refractivity contribution is 5.95. The van der Waals surface area contributed by atoms with Crippen molar-refractivity contribution in [3.63, 3.8) is 0 Å². The molecule has 1 saturated heterocycles. The van der Waals surface area contributed by atoms with E-state index in [0.717, 1.165) is 5.56 Å². The van der Waals surface area contributed by atoms with Gasteiger partial charge in [0.2, 0.25) is 5.91 Å². The normalized spacial score (nSPS) is 18.5. The van der Waals surface area contributed by atoms with Crippen LogP contribution in [0.4, 0.5) is 0 Å². The summed E-state index contributed by atoms with van der Waals surface area (Å²) in [5.41, 5.74) is 1.45. The molecular formula is C17H20N4O3. The molecule has 1 aliphatic heterocycles. The highest BCUT2D eigenvalue weighted by Gasteiger charge is 2.30. The topological polar surface area (TPSA) is 89.5 Å². The smallest absolute Gasteiger partial charge is 0.272 e. The van der Waals surface area contributed by atoms with Crippen LogP contribution in [-0.4, -0.2) is 69.2 Å². The monoisotopic (exact) mass is 328 g/mol. The third-order valence-corrected chi connectivity index (χ3v) is 4.07. The molecule has 0 saturated carbocycles. The van der Waals surface area contributed by atoms with E-state index in [9.17, 15) is 14.7 Å². The molecule has 0 spiro atoms. The number of nitrogens with zero attached hydrogens (tertiary/aromatic N) is 3. The summed E-state index contributed by atoms with van der Waals surface area (Å²) in [7, 11) is 0. The van der Waals surface area contributed by atoms with Gasteiger partial charge in [0.15, 0.2) is 0 Å². The zero-order valence-corrected chi connectivity index (χ0v) is 13.3. The highest BCUT2D eigenvalue weighted by Crippen LogP contribution is 2.10. The molecule has 0 bridgehead atoms. The van der Waals surface area contributed by atoms with Crippen LogP contribution in [0.1, 0.15) is 16.1 Å². The van der Waals surface area contributed by atoms with Crippen molar-refractivity contribution in [2.45, 2.75) is 12.5 Å². The SMILES string of the molecule is O=C1CN(C(=O)c2ccn[nH]2)CC(O)CN1CCc1ccccc1. The summed E-state index contributed by atoms with van der Waals surface area (Å²) in [4.78, 5) is 27.8. The summed E-state index contributed by atoms with van der Waals surface area (Å²) < 4.78 is 0. The lowest BCUT2D eigenvalue weighted by atomic mass is 10.1. The Labute approximate surface area is 139 Å². The molecule has 24 heavy (non-hydrogen) atoms.